The molecule has 1 aliphatic rings. The SMILES string of the molecule is CCCOC(=O)c1ccc(N2C(=O)N(c3ccc(C#N)c(Cl)c3)C(=O)C2(C)C)cc1F. The number of urea groups is 1. The van der Waals surface area contributed by atoms with E-state index >= 15 is 0 Å². The van der Waals surface area contributed by atoms with Crippen LogP contribution in [0.3, 0.4) is 0 Å². The molecule has 0 radical (unpaired) electrons. The molecule has 0 unspecified atom stereocenters. The summed E-state index contributed by atoms with van der Waals surface area (Å²) < 4.78 is 19.6. The van der Waals surface area contributed by atoms with Gasteiger partial charge in [0.2, 0.25) is 0 Å². The molecule has 1 fully saturated rings. The van der Waals surface area contributed by atoms with Gasteiger partial charge >= 0.3 is 12.0 Å². The van der Waals surface area contributed by atoms with Crippen molar-refractivity contribution >= 4 is 40.9 Å². The number of nitrogens with zero attached hydrogens (tertiary/aromatic N) is 3. The topological polar surface area (TPSA) is 90.7 Å². The highest BCUT2D eigenvalue weighted by Crippen LogP contribution is 2.37. The molecule has 2 aromatic carbocycles. The predicted molar refractivity (Wildman–Crippen MR) is 113 cm³/mol. The molecule has 31 heavy (non-hydrogen) atoms. The lowest BCUT2D eigenvalue weighted by atomic mass is 10.0. The lowest BCUT2D eigenvalue weighted by Gasteiger charge is -2.27. The van der Waals surface area contributed by atoms with Crippen molar-refractivity contribution in [2.45, 2.75) is 32.7 Å². The maximum absolute atomic E-state index is 14.6. The number of rotatable bonds is 5. The summed E-state index contributed by atoms with van der Waals surface area (Å²) in [6.07, 6.45) is 0.596. The number of amides is 3. The second kappa shape index (κ2) is 8.36. The normalized spacial score (nSPS) is 15.2. The fourth-order valence-corrected chi connectivity index (χ4v) is 3.49. The van der Waals surface area contributed by atoms with Gasteiger partial charge in [0.15, 0.2) is 0 Å². The Hall–Kier alpha value is -3.44. The number of anilines is 2. The Kier molecular flexibility index (Phi) is 6.00. The van der Waals surface area contributed by atoms with Crippen molar-refractivity contribution in [3.8, 4) is 6.07 Å². The van der Waals surface area contributed by atoms with Gasteiger partial charge in [-0.15, -0.1) is 0 Å². The number of benzene rings is 2. The molecule has 0 N–H and O–H groups in total. The van der Waals surface area contributed by atoms with E-state index in [4.69, 9.17) is 21.6 Å². The summed E-state index contributed by atoms with van der Waals surface area (Å²) >= 11 is 6.05. The lowest BCUT2D eigenvalue weighted by Crippen LogP contribution is -2.44. The van der Waals surface area contributed by atoms with Crippen molar-refractivity contribution in [3.63, 3.8) is 0 Å². The van der Waals surface area contributed by atoms with Gasteiger partial charge in [-0.3, -0.25) is 9.69 Å². The molecule has 0 saturated carbocycles. The van der Waals surface area contributed by atoms with Crippen LogP contribution in [0, 0.1) is 17.1 Å². The monoisotopic (exact) mass is 443 g/mol. The fourth-order valence-electron chi connectivity index (χ4n) is 3.27. The average molecular weight is 444 g/mol. The minimum Gasteiger partial charge on any atom is -0.462 e. The van der Waals surface area contributed by atoms with Gasteiger partial charge in [0.05, 0.1) is 28.4 Å². The van der Waals surface area contributed by atoms with Crippen molar-refractivity contribution < 1.29 is 23.5 Å². The minimum atomic E-state index is -1.34. The van der Waals surface area contributed by atoms with Crippen LogP contribution in [0.4, 0.5) is 20.6 Å². The number of ether oxygens (including phenoxy) is 1. The zero-order valence-electron chi connectivity index (χ0n) is 17.1. The van der Waals surface area contributed by atoms with Crippen molar-refractivity contribution in [1.82, 2.24) is 0 Å². The van der Waals surface area contributed by atoms with E-state index in [1.165, 1.54) is 44.2 Å². The van der Waals surface area contributed by atoms with Gasteiger partial charge in [-0.25, -0.2) is 18.9 Å². The summed E-state index contributed by atoms with van der Waals surface area (Å²) in [5, 5.41) is 9.12. The molecule has 160 valence electrons. The second-order valence-electron chi connectivity index (χ2n) is 7.39. The molecule has 3 amide bonds. The molecule has 0 aliphatic carbocycles. The smallest absolute Gasteiger partial charge is 0.341 e. The summed E-state index contributed by atoms with van der Waals surface area (Å²) in [6.45, 7) is 5.03. The highest BCUT2D eigenvalue weighted by atomic mass is 35.5. The summed E-state index contributed by atoms with van der Waals surface area (Å²) in [7, 11) is 0. The standard InChI is InChI=1S/C22H19ClFN3O4/c1-4-9-31-19(28)16-8-7-15(11-18(16)24)27-21(30)26(20(29)22(27,2)3)14-6-5-13(12-25)17(23)10-14/h5-8,10-11H,4,9H2,1-3H3. The summed E-state index contributed by atoms with van der Waals surface area (Å²) in [5.74, 6) is -2.22. The summed E-state index contributed by atoms with van der Waals surface area (Å²) in [6, 6.07) is 9.01. The Morgan fingerprint density at radius 1 is 1.19 bits per heavy atom. The van der Waals surface area contributed by atoms with Gasteiger partial charge in [0, 0.05) is 5.69 Å². The van der Waals surface area contributed by atoms with Crippen molar-refractivity contribution in [2.24, 2.45) is 0 Å². The molecule has 1 heterocycles. The van der Waals surface area contributed by atoms with Gasteiger partial charge in [0.1, 0.15) is 17.4 Å². The number of hydrogen-bond acceptors (Lipinski definition) is 5. The van der Waals surface area contributed by atoms with Crippen LogP contribution in [0.5, 0.6) is 0 Å². The maximum Gasteiger partial charge on any atom is 0.341 e. The van der Waals surface area contributed by atoms with Gasteiger partial charge in [0.25, 0.3) is 5.91 Å². The number of hydrogen-bond donors (Lipinski definition) is 0. The molecule has 3 rings (SSSR count). The van der Waals surface area contributed by atoms with Crippen LogP contribution in [0.25, 0.3) is 0 Å². The molecule has 2 aromatic rings. The Morgan fingerprint density at radius 2 is 1.87 bits per heavy atom. The van der Waals surface area contributed by atoms with Crippen LogP contribution in [0.15, 0.2) is 36.4 Å². The zero-order chi connectivity index (χ0) is 22.9. The van der Waals surface area contributed by atoms with Crippen LogP contribution in [-0.2, 0) is 9.53 Å². The van der Waals surface area contributed by atoms with Crippen LogP contribution in [-0.4, -0.2) is 30.1 Å². The van der Waals surface area contributed by atoms with E-state index < -0.39 is 29.3 Å². The largest absolute Gasteiger partial charge is 0.462 e. The third-order valence-corrected chi connectivity index (χ3v) is 5.18. The molecule has 1 aliphatic heterocycles. The molecule has 0 aromatic heterocycles. The number of nitriles is 1. The molecular weight excluding hydrogens is 425 g/mol. The minimum absolute atomic E-state index is 0.0952. The first-order valence-electron chi connectivity index (χ1n) is 9.48. The molecule has 7 nitrogen and oxygen atoms in total. The summed E-state index contributed by atoms with van der Waals surface area (Å²) in [4.78, 5) is 40.3. The molecule has 9 heteroatoms. The number of imide groups is 1. The van der Waals surface area contributed by atoms with E-state index in [0.29, 0.717) is 6.42 Å². The predicted octanol–water partition coefficient (Wildman–Crippen LogP) is 4.67. The van der Waals surface area contributed by atoms with E-state index in [2.05, 4.69) is 0 Å². The number of carbonyl (C=O) groups is 3. The maximum atomic E-state index is 14.6. The quantitative estimate of drug-likeness (QED) is 0.494. The molecule has 1 saturated heterocycles. The van der Waals surface area contributed by atoms with Crippen LogP contribution in [0.1, 0.15) is 43.1 Å². The van der Waals surface area contributed by atoms with E-state index in [1.807, 2.05) is 13.0 Å². The van der Waals surface area contributed by atoms with Gasteiger partial charge in [-0.1, -0.05) is 18.5 Å². The van der Waals surface area contributed by atoms with Crippen LogP contribution in [0.2, 0.25) is 5.02 Å². The number of esters is 1. The van der Waals surface area contributed by atoms with Gasteiger partial charge in [-0.05, 0) is 56.7 Å². The van der Waals surface area contributed by atoms with Crippen LogP contribution >= 0.6 is 11.6 Å². The van der Waals surface area contributed by atoms with Gasteiger partial charge in [-0.2, -0.15) is 5.26 Å². The lowest BCUT2D eigenvalue weighted by molar-refractivity contribution is -0.120. The first-order valence-corrected chi connectivity index (χ1v) is 9.86. The average Bonchev–Trinajstić information content (AvgIpc) is 2.90. The molecule has 0 spiro atoms. The molecular formula is C22H19ClFN3O4. The molecule has 0 atom stereocenters. The number of carbonyl (C=O) groups excluding carboxylic acids is 3. The zero-order valence-corrected chi connectivity index (χ0v) is 17.9. The fraction of sp³-hybridized carbons (Fsp3) is 0.273. The highest BCUT2D eigenvalue weighted by molar-refractivity contribution is 6.33. The van der Waals surface area contributed by atoms with E-state index in [9.17, 15) is 18.8 Å². The van der Waals surface area contributed by atoms with Crippen molar-refractivity contribution in [2.75, 3.05) is 16.4 Å². The molecule has 0 bridgehead atoms. The van der Waals surface area contributed by atoms with Crippen molar-refractivity contribution in [1.29, 1.82) is 5.26 Å². The summed E-state index contributed by atoms with van der Waals surface area (Å²) in [5.41, 5.74) is -1.10. The first-order chi connectivity index (χ1) is 14.6. The third-order valence-electron chi connectivity index (χ3n) is 4.87. The van der Waals surface area contributed by atoms with E-state index in [1.54, 1.807) is 0 Å². The Morgan fingerprint density at radius 3 is 2.45 bits per heavy atom. The Labute approximate surface area is 183 Å². The highest BCUT2D eigenvalue weighted by Gasteiger charge is 2.52. The van der Waals surface area contributed by atoms with Gasteiger partial charge < -0.3 is 4.74 Å². The third kappa shape index (κ3) is 3.84. The Bertz CT molecular complexity index is 1130. The first kappa shape index (κ1) is 22.2. The van der Waals surface area contributed by atoms with Crippen molar-refractivity contribution in [3.05, 3.63) is 58.4 Å². The number of halogens is 2. The van der Waals surface area contributed by atoms with E-state index in [-0.39, 0.29) is 34.1 Å². The Balaban J connectivity index is 1.99. The second-order valence-corrected chi connectivity index (χ2v) is 7.80. The van der Waals surface area contributed by atoms with Crippen LogP contribution < -0.4 is 9.80 Å². The van der Waals surface area contributed by atoms with E-state index in [0.717, 1.165) is 15.9 Å².